The van der Waals surface area contributed by atoms with Crippen LogP contribution in [0.2, 0.25) is 0 Å². The number of ether oxygens (including phenoxy) is 1. The number of halogens is 1. The molecular formula is C15H23BrN2O3. The molecule has 0 saturated heterocycles. The van der Waals surface area contributed by atoms with Gasteiger partial charge in [0, 0.05) is 17.2 Å². The molecule has 0 spiro atoms. The second-order valence-corrected chi connectivity index (χ2v) is 6.33. The molecule has 1 rings (SSSR count). The molecule has 0 aliphatic carbocycles. The van der Waals surface area contributed by atoms with Crippen molar-refractivity contribution in [2.45, 2.75) is 46.2 Å². The first-order chi connectivity index (χ1) is 9.88. The molecule has 1 amide bonds. The number of aryl methyl sites for hydroxylation is 1. The topological polar surface area (TPSA) is 60.3 Å². The summed E-state index contributed by atoms with van der Waals surface area (Å²) in [6.45, 7) is 6.80. The van der Waals surface area contributed by atoms with E-state index >= 15 is 0 Å². The van der Waals surface area contributed by atoms with Crippen LogP contribution in [0.25, 0.3) is 0 Å². The summed E-state index contributed by atoms with van der Waals surface area (Å²) in [5.74, 6) is -0.390. The third-order valence-corrected chi connectivity index (χ3v) is 3.49. The van der Waals surface area contributed by atoms with Crippen molar-refractivity contribution in [2.75, 3.05) is 7.11 Å². The average molecular weight is 359 g/mol. The zero-order valence-corrected chi connectivity index (χ0v) is 14.6. The number of carbonyl (C=O) groups is 2. The van der Waals surface area contributed by atoms with Crippen LogP contribution >= 0.6 is 15.9 Å². The SMILES string of the molecule is CCCn1cc(Br)cc1C(=O)NC(CC(C)C)C(=O)OC. The summed E-state index contributed by atoms with van der Waals surface area (Å²) in [6.07, 6.45) is 3.34. The maximum absolute atomic E-state index is 12.4. The molecule has 0 saturated carbocycles. The zero-order chi connectivity index (χ0) is 16.0. The van der Waals surface area contributed by atoms with Gasteiger partial charge in [0.2, 0.25) is 0 Å². The summed E-state index contributed by atoms with van der Waals surface area (Å²) in [5.41, 5.74) is 0.543. The van der Waals surface area contributed by atoms with Crippen LogP contribution in [0, 0.1) is 5.92 Å². The normalized spacial score (nSPS) is 12.3. The third kappa shape index (κ3) is 5.19. The second kappa shape index (κ2) is 8.22. The maximum atomic E-state index is 12.4. The number of hydrogen-bond donors (Lipinski definition) is 1. The number of aromatic nitrogens is 1. The highest BCUT2D eigenvalue weighted by Gasteiger charge is 2.24. The van der Waals surface area contributed by atoms with Crippen LogP contribution < -0.4 is 5.32 Å². The smallest absolute Gasteiger partial charge is 0.328 e. The molecule has 1 aromatic heterocycles. The van der Waals surface area contributed by atoms with Crippen LogP contribution in [0.1, 0.15) is 44.1 Å². The van der Waals surface area contributed by atoms with E-state index in [1.54, 1.807) is 6.07 Å². The van der Waals surface area contributed by atoms with Gasteiger partial charge in [-0.15, -0.1) is 0 Å². The molecule has 1 aromatic rings. The number of methoxy groups -OCH3 is 1. The van der Waals surface area contributed by atoms with Crippen molar-refractivity contribution in [2.24, 2.45) is 5.92 Å². The summed E-state index contributed by atoms with van der Waals surface area (Å²) < 4.78 is 7.49. The van der Waals surface area contributed by atoms with Gasteiger partial charge in [0.25, 0.3) is 5.91 Å². The molecule has 118 valence electrons. The molecule has 0 radical (unpaired) electrons. The number of nitrogens with one attached hydrogen (secondary N) is 1. The number of hydrogen-bond acceptors (Lipinski definition) is 3. The first kappa shape index (κ1) is 17.8. The number of nitrogens with zero attached hydrogens (tertiary/aromatic N) is 1. The van der Waals surface area contributed by atoms with Crippen LogP contribution in [0.5, 0.6) is 0 Å². The molecule has 1 unspecified atom stereocenters. The molecule has 0 bridgehead atoms. The van der Waals surface area contributed by atoms with Gasteiger partial charge in [0.15, 0.2) is 0 Å². The quantitative estimate of drug-likeness (QED) is 0.762. The molecule has 6 heteroatoms. The Hall–Kier alpha value is -1.30. The van der Waals surface area contributed by atoms with Gasteiger partial charge in [-0.2, -0.15) is 0 Å². The van der Waals surface area contributed by atoms with Crippen LogP contribution in [0.4, 0.5) is 0 Å². The maximum Gasteiger partial charge on any atom is 0.328 e. The number of esters is 1. The van der Waals surface area contributed by atoms with Crippen LogP contribution in [-0.4, -0.2) is 29.6 Å². The van der Waals surface area contributed by atoms with E-state index in [0.29, 0.717) is 12.1 Å². The van der Waals surface area contributed by atoms with Gasteiger partial charge in [0.1, 0.15) is 11.7 Å². The van der Waals surface area contributed by atoms with Crippen LogP contribution in [0.3, 0.4) is 0 Å². The Morgan fingerprint density at radius 3 is 2.62 bits per heavy atom. The predicted octanol–water partition coefficient (Wildman–Crippen LogP) is 2.98. The fourth-order valence-electron chi connectivity index (χ4n) is 2.15. The minimum atomic E-state index is -0.619. The van der Waals surface area contributed by atoms with E-state index in [9.17, 15) is 9.59 Å². The first-order valence-electron chi connectivity index (χ1n) is 7.13. The summed E-state index contributed by atoms with van der Waals surface area (Å²) in [5, 5.41) is 2.77. The molecule has 0 aliphatic heterocycles. The van der Waals surface area contributed by atoms with Gasteiger partial charge >= 0.3 is 5.97 Å². The number of rotatable bonds is 7. The fraction of sp³-hybridized carbons (Fsp3) is 0.600. The standard InChI is InChI=1S/C15H23BrN2O3/c1-5-6-18-9-11(16)8-13(18)14(19)17-12(7-10(2)3)15(20)21-4/h8-10,12H,5-7H2,1-4H3,(H,17,19). The molecule has 1 N–H and O–H groups in total. The van der Waals surface area contributed by atoms with Gasteiger partial charge in [-0.1, -0.05) is 20.8 Å². The molecule has 21 heavy (non-hydrogen) atoms. The minimum absolute atomic E-state index is 0.259. The first-order valence-corrected chi connectivity index (χ1v) is 7.92. The van der Waals surface area contributed by atoms with Crippen molar-refractivity contribution in [3.8, 4) is 0 Å². The Balaban J connectivity index is 2.88. The minimum Gasteiger partial charge on any atom is -0.467 e. The Labute approximate surface area is 134 Å². The van der Waals surface area contributed by atoms with Crippen molar-refractivity contribution < 1.29 is 14.3 Å². The summed E-state index contributed by atoms with van der Waals surface area (Å²) in [6, 6.07) is 1.14. The molecule has 1 heterocycles. The van der Waals surface area contributed by atoms with Gasteiger partial charge in [-0.25, -0.2) is 4.79 Å². The molecule has 1 atom stereocenters. The van der Waals surface area contributed by atoms with E-state index in [1.165, 1.54) is 7.11 Å². The molecule has 0 aromatic carbocycles. The molecule has 5 nitrogen and oxygen atoms in total. The Morgan fingerprint density at radius 1 is 1.43 bits per heavy atom. The zero-order valence-electron chi connectivity index (χ0n) is 13.0. The van der Waals surface area contributed by atoms with Crippen molar-refractivity contribution in [3.05, 3.63) is 22.4 Å². The second-order valence-electron chi connectivity index (χ2n) is 5.42. The van der Waals surface area contributed by atoms with Crippen molar-refractivity contribution in [1.29, 1.82) is 0 Å². The van der Waals surface area contributed by atoms with E-state index in [2.05, 4.69) is 21.2 Å². The monoisotopic (exact) mass is 358 g/mol. The van der Waals surface area contributed by atoms with E-state index in [1.807, 2.05) is 31.5 Å². The highest BCUT2D eigenvalue weighted by molar-refractivity contribution is 9.10. The van der Waals surface area contributed by atoms with Gasteiger partial charge in [-0.05, 0) is 40.8 Å². The Morgan fingerprint density at radius 2 is 2.10 bits per heavy atom. The number of carbonyl (C=O) groups excluding carboxylic acids is 2. The Kier molecular flexibility index (Phi) is 6.95. The number of amides is 1. The summed E-state index contributed by atoms with van der Waals surface area (Å²) in [4.78, 5) is 24.2. The van der Waals surface area contributed by atoms with E-state index in [-0.39, 0.29) is 11.8 Å². The third-order valence-electron chi connectivity index (χ3n) is 3.06. The lowest BCUT2D eigenvalue weighted by molar-refractivity contribution is -0.143. The fourth-order valence-corrected chi connectivity index (χ4v) is 2.62. The van der Waals surface area contributed by atoms with Gasteiger partial charge in [-0.3, -0.25) is 4.79 Å². The van der Waals surface area contributed by atoms with E-state index in [4.69, 9.17) is 4.74 Å². The summed E-state index contributed by atoms with van der Waals surface area (Å²) in [7, 11) is 1.33. The lowest BCUT2D eigenvalue weighted by Crippen LogP contribution is -2.43. The highest BCUT2D eigenvalue weighted by atomic mass is 79.9. The van der Waals surface area contributed by atoms with Crippen molar-refractivity contribution >= 4 is 27.8 Å². The van der Waals surface area contributed by atoms with Crippen LogP contribution in [-0.2, 0) is 16.1 Å². The highest BCUT2D eigenvalue weighted by Crippen LogP contribution is 2.16. The van der Waals surface area contributed by atoms with E-state index < -0.39 is 12.0 Å². The predicted molar refractivity (Wildman–Crippen MR) is 85.1 cm³/mol. The Bertz CT molecular complexity index is 497. The molecule has 0 fully saturated rings. The van der Waals surface area contributed by atoms with Gasteiger partial charge in [0.05, 0.1) is 7.11 Å². The molecule has 0 aliphatic rings. The lowest BCUT2D eigenvalue weighted by atomic mass is 10.0. The summed E-state index contributed by atoms with van der Waals surface area (Å²) >= 11 is 3.38. The van der Waals surface area contributed by atoms with Crippen LogP contribution in [0.15, 0.2) is 16.7 Å². The van der Waals surface area contributed by atoms with Crippen molar-refractivity contribution in [3.63, 3.8) is 0 Å². The van der Waals surface area contributed by atoms with Crippen molar-refractivity contribution in [1.82, 2.24) is 9.88 Å². The van der Waals surface area contributed by atoms with Gasteiger partial charge < -0.3 is 14.6 Å². The largest absolute Gasteiger partial charge is 0.467 e. The lowest BCUT2D eigenvalue weighted by Gasteiger charge is -2.18. The molecular weight excluding hydrogens is 336 g/mol. The average Bonchev–Trinajstić information content (AvgIpc) is 2.78. The van der Waals surface area contributed by atoms with E-state index in [0.717, 1.165) is 17.4 Å².